The van der Waals surface area contributed by atoms with Crippen molar-refractivity contribution in [2.75, 3.05) is 20.3 Å². The van der Waals surface area contributed by atoms with Crippen molar-refractivity contribution in [1.82, 2.24) is 25.5 Å². The van der Waals surface area contributed by atoms with Crippen LogP contribution in [0.4, 0.5) is 0 Å². The molecule has 1 N–H and O–H groups in total. The molecule has 0 saturated carbocycles. The summed E-state index contributed by atoms with van der Waals surface area (Å²) in [6, 6.07) is 0.235. The van der Waals surface area contributed by atoms with E-state index < -0.39 is 0 Å². The predicted octanol–water partition coefficient (Wildman–Crippen LogP) is 0.770. The van der Waals surface area contributed by atoms with E-state index in [4.69, 9.17) is 4.74 Å². The summed E-state index contributed by atoms with van der Waals surface area (Å²) in [7, 11) is 1.71. The Labute approximate surface area is 96.4 Å². The molecule has 1 unspecified atom stereocenters. The number of nitrogens with one attached hydrogen (secondary N) is 1. The van der Waals surface area contributed by atoms with Gasteiger partial charge in [-0.15, -0.1) is 5.10 Å². The van der Waals surface area contributed by atoms with Gasteiger partial charge in [0.15, 0.2) is 5.82 Å². The molecule has 1 aromatic heterocycles. The summed E-state index contributed by atoms with van der Waals surface area (Å²) in [5.74, 6) is 0.873. The van der Waals surface area contributed by atoms with Crippen LogP contribution in [0, 0.1) is 0 Å². The van der Waals surface area contributed by atoms with E-state index >= 15 is 0 Å². The lowest BCUT2D eigenvalue weighted by Gasteiger charge is -2.16. The SMILES string of the molecule is CCCC(COC)n1nnnc1CNCC. The Balaban J connectivity index is 2.69. The molecule has 0 aromatic carbocycles. The van der Waals surface area contributed by atoms with Crippen molar-refractivity contribution in [3.8, 4) is 0 Å². The molecule has 0 aliphatic carbocycles. The minimum atomic E-state index is 0.235. The van der Waals surface area contributed by atoms with E-state index in [1.54, 1.807) is 7.11 Å². The van der Waals surface area contributed by atoms with Gasteiger partial charge in [-0.05, 0) is 23.4 Å². The molecule has 0 spiro atoms. The molecule has 0 aliphatic rings. The van der Waals surface area contributed by atoms with E-state index in [9.17, 15) is 0 Å². The van der Waals surface area contributed by atoms with E-state index in [2.05, 4.69) is 34.7 Å². The van der Waals surface area contributed by atoms with Crippen molar-refractivity contribution in [3.05, 3.63) is 5.82 Å². The molecule has 0 fully saturated rings. The van der Waals surface area contributed by atoms with Gasteiger partial charge in [-0.2, -0.15) is 0 Å². The molecule has 1 atom stereocenters. The average molecular weight is 227 g/mol. The minimum Gasteiger partial charge on any atom is -0.382 e. The summed E-state index contributed by atoms with van der Waals surface area (Å²) in [4.78, 5) is 0. The Bertz CT molecular complexity index is 282. The summed E-state index contributed by atoms with van der Waals surface area (Å²) in [6.07, 6.45) is 2.12. The molecule has 6 heteroatoms. The first-order valence-electron chi connectivity index (χ1n) is 5.79. The lowest BCUT2D eigenvalue weighted by atomic mass is 10.2. The Hall–Kier alpha value is -1.01. The van der Waals surface area contributed by atoms with E-state index in [0.717, 1.165) is 25.2 Å². The molecule has 92 valence electrons. The van der Waals surface area contributed by atoms with Crippen molar-refractivity contribution < 1.29 is 4.74 Å². The van der Waals surface area contributed by atoms with Crippen molar-refractivity contribution in [2.45, 2.75) is 39.3 Å². The average Bonchev–Trinajstić information content (AvgIpc) is 2.74. The number of hydrogen-bond acceptors (Lipinski definition) is 5. The maximum absolute atomic E-state index is 5.20. The number of ether oxygens (including phenoxy) is 1. The standard InChI is InChI=1S/C10H21N5O/c1-4-6-9(8-16-3)15-10(7-11-5-2)12-13-14-15/h9,11H,4-8H2,1-3H3. The zero-order chi connectivity index (χ0) is 11.8. The molecule has 0 amide bonds. The highest BCUT2D eigenvalue weighted by molar-refractivity contribution is 4.83. The van der Waals surface area contributed by atoms with Crippen molar-refractivity contribution >= 4 is 0 Å². The second-order valence-electron chi connectivity index (χ2n) is 3.72. The Kier molecular flexibility index (Phi) is 5.95. The Morgan fingerprint density at radius 1 is 1.44 bits per heavy atom. The van der Waals surface area contributed by atoms with Gasteiger partial charge in [0.2, 0.25) is 0 Å². The van der Waals surface area contributed by atoms with Gasteiger partial charge in [0.25, 0.3) is 0 Å². The van der Waals surface area contributed by atoms with Crippen LogP contribution in [0.5, 0.6) is 0 Å². The van der Waals surface area contributed by atoms with Crippen LogP contribution in [0.15, 0.2) is 0 Å². The van der Waals surface area contributed by atoms with Crippen LogP contribution in [-0.2, 0) is 11.3 Å². The molecular formula is C10H21N5O. The smallest absolute Gasteiger partial charge is 0.165 e. The molecule has 1 heterocycles. The van der Waals surface area contributed by atoms with E-state index in [1.807, 2.05) is 4.68 Å². The third kappa shape index (κ3) is 3.53. The first kappa shape index (κ1) is 13.1. The van der Waals surface area contributed by atoms with Crippen LogP contribution in [0.2, 0.25) is 0 Å². The Morgan fingerprint density at radius 3 is 2.88 bits per heavy atom. The fraction of sp³-hybridized carbons (Fsp3) is 0.900. The number of methoxy groups -OCH3 is 1. The minimum absolute atomic E-state index is 0.235. The molecule has 6 nitrogen and oxygen atoms in total. The molecule has 0 saturated heterocycles. The first-order valence-corrected chi connectivity index (χ1v) is 5.79. The fourth-order valence-corrected chi connectivity index (χ4v) is 1.65. The summed E-state index contributed by atoms with van der Waals surface area (Å²) in [5.41, 5.74) is 0. The first-order chi connectivity index (χ1) is 7.83. The fourth-order valence-electron chi connectivity index (χ4n) is 1.65. The summed E-state index contributed by atoms with van der Waals surface area (Å²) >= 11 is 0. The van der Waals surface area contributed by atoms with Gasteiger partial charge in [-0.3, -0.25) is 0 Å². The molecular weight excluding hydrogens is 206 g/mol. The molecule has 1 aromatic rings. The zero-order valence-corrected chi connectivity index (χ0v) is 10.3. The number of hydrogen-bond donors (Lipinski definition) is 1. The second kappa shape index (κ2) is 7.29. The molecule has 16 heavy (non-hydrogen) atoms. The maximum atomic E-state index is 5.20. The lowest BCUT2D eigenvalue weighted by Crippen LogP contribution is -2.22. The van der Waals surface area contributed by atoms with Gasteiger partial charge in [0.05, 0.1) is 19.2 Å². The van der Waals surface area contributed by atoms with Gasteiger partial charge in [0, 0.05) is 7.11 Å². The van der Waals surface area contributed by atoms with Gasteiger partial charge in [-0.1, -0.05) is 20.3 Å². The highest BCUT2D eigenvalue weighted by Crippen LogP contribution is 2.13. The zero-order valence-electron chi connectivity index (χ0n) is 10.3. The highest BCUT2D eigenvalue weighted by atomic mass is 16.5. The second-order valence-corrected chi connectivity index (χ2v) is 3.72. The molecule has 0 aliphatic heterocycles. The molecule has 0 radical (unpaired) electrons. The summed E-state index contributed by atoms with van der Waals surface area (Å²) < 4.78 is 7.07. The normalized spacial score (nSPS) is 12.9. The van der Waals surface area contributed by atoms with Crippen LogP contribution in [0.25, 0.3) is 0 Å². The van der Waals surface area contributed by atoms with Gasteiger partial charge >= 0.3 is 0 Å². The third-order valence-electron chi connectivity index (χ3n) is 2.42. The largest absolute Gasteiger partial charge is 0.382 e. The number of tetrazole rings is 1. The quantitative estimate of drug-likeness (QED) is 0.710. The Morgan fingerprint density at radius 2 is 2.25 bits per heavy atom. The van der Waals surface area contributed by atoms with Gasteiger partial charge < -0.3 is 10.1 Å². The van der Waals surface area contributed by atoms with Crippen LogP contribution < -0.4 is 5.32 Å². The van der Waals surface area contributed by atoms with Gasteiger partial charge in [0.1, 0.15) is 0 Å². The third-order valence-corrected chi connectivity index (χ3v) is 2.42. The number of aromatic nitrogens is 4. The van der Waals surface area contributed by atoms with Crippen LogP contribution >= 0.6 is 0 Å². The van der Waals surface area contributed by atoms with E-state index in [1.165, 1.54) is 0 Å². The summed E-state index contributed by atoms with van der Waals surface area (Å²) in [6.45, 7) is 6.48. The van der Waals surface area contributed by atoms with Crippen LogP contribution in [0.1, 0.15) is 38.6 Å². The number of nitrogens with zero attached hydrogens (tertiary/aromatic N) is 4. The molecule has 0 bridgehead atoms. The monoisotopic (exact) mass is 227 g/mol. The van der Waals surface area contributed by atoms with Crippen molar-refractivity contribution in [1.29, 1.82) is 0 Å². The van der Waals surface area contributed by atoms with Crippen LogP contribution in [0.3, 0.4) is 0 Å². The number of rotatable bonds is 8. The maximum Gasteiger partial charge on any atom is 0.165 e. The van der Waals surface area contributed by atoms with Crippen LogP contribution in [-0.4, -0.2) is 40.5 Å². The topological polar surface area (TPSA) is 64.9 Å². The predicted molar refractivity (Wildman–Crippen MR) is 61.0 cm³/mol. The van der Waals surface area contributed by atoms with E-state index in [0.29, 0.717) is 13.2 Å². The molecule has 1 rings (SSSR count). The summed E-state index contributed by atoms with van der Waals surface area (Å²) in [5, 5.41) is 15.0. The lowest BCUT2D eigenvalue weighted by molar-refractivity contribution is 0.141. The van der Waals surface area contributed by atoms with E-state index in [-0.39, 0.29) is 6.04 Å². The van der Waals surface area contributed by atoms with Crippen molar-refractivity contribution in [2.24, 2.45) is 0 Å². The van der Waals surface area contributed by atoms with Gasteiger partial charge in [-0.25, -0.2) is 4.68 Å². The van der Waals surface area contributed by atoms with Crippen molar-refractivity contribution in [3.63, 3.8) is 0 Å². The highest BCUT2D eigenvalue weighted by Gasteiger charge is 2.15.